The molecule has 114 valence electrons. The summed E-state index contributed by atoms with van der Waals surface area (Å²) in [6.07, 6.45) is 0. The van der Waals surface area contributed by atoms with Crippen molar-refractivity contribution in [1.82, 2.24) is 13.5 Å². The summed E-state index contributed by atoms with van der Waals surface area (Å²) in [5.74, 6) is 0. The Labute approximate surface area is 143 Å². The van der Waals surface area contributed by atoms with Crippen molar-refractivity contribution in [3.05, 3.63) is 56.5 Å². The van der Waals surface area contributed by atoms with Crippen LogP contribution >= 0.6 is 39.1 Å². The average Bonchev–Trinajstić information content (AvgIpc) is 2.88. The standard InChI is InChI=1S/C14H11BrClN3O2S/c1-7-5-11(20)19(14(21)18(7)2)8-3-4-10-9(6-8)12(13(15)16)17-22-10/h3-6,13H,1-2H3. The number of alkyl halides is 2. The third kappa shape index (κ3) is 2.43. The quantitative estimate of drug-likeness (QED) is 0.621. The van der Waals surface area contributed by atoms with E-state index in [2.05, 4.69) is 20.3 Å². The van der Waals surface area contributed by atoms with E-state index < -0.39 is 4.29 Å². The minimum absolute atomic E-state index is 0.356. The van der Waals surface area contributed by atoms with Crippen LogP contribution in [0.15, 0.2) is 33.9 Å². The Kier molecular flexibility index (Phi) is 3.96. The first-order chi connectivity index (χ1) is 10.4. The first-order valence-electron chi connectivity index (χ1n) is 6.37. The number of rotatable bonds is 2. The molecule has 0 spiro atoms. The molecule has 22 heavy (non-hydrogen) atoms. The number of hydrogen-bond acceptors (Lipinski definition) is 4. The van der Waals surface area contributed by atoms with Crippen LogP contribution in [0.3, 0.4) is 0 Å². The third-order valence-corrected chi connectivity index (χ3v) is 4.99. The van der Waals surface area contributed by atoms with Crippen LogP contribution in [-0.4, -0.2) is 13.5 Å². The van der Waals surface area contributed by atoms with Crippen LogP contribution in [0.4, 0.5) is 0 Å². The Bertz CT molecular complexity index is 990. The Morgan fingerprint density at radius 3 is 2.73 bits per heavy atom. The molecular formula is C14H11BrClN3O2S. The largest absolute Gasteiger partial charge is 0.335 e. The number of nitrogens with zero attached hydrogens (tertiary/aromatic N) is 3. The van der Waals surface area contributed by atoms with Crippen molar-refractivity contribution in [3.8, 4) is 5.69 Å². The van der Waals surface area contributed by atoms with Crippen molar-refractivity contribution in [2.45, 2.75) is 11.2 Å². The van der Waals surface area contributed by atoms with Gasteiger partial charge in [-0.15, -0.1) is 11.6 Å². The van der Waals surface area contributed by atoms with Gasteiger partial charge >= 0.3 is 5.69 Å². The van der Waals surface area contributed by atoms with E-state index in [1.54, 1.807) is 26.1 Å². The Balaban J connectivity index is 2.32. The maximum atomic E-state index is 12.4. The molecule has 2 heterocycles. The molecule has 0 fully saturated rings. The first-order valence-corrected chi connectivity index (χ1v) is 8.50. The Morgan fingerprint density at radius 1 is 1.32 bits per heavy atom. The highest BCUT2D eigenvalue weighted by atomic mass is 79.9. The normalized spacial score (nSPS) is 12.7. The summed E-state index contributed by atoms with van der Waals surface area (Å²) in [7, 11) is 1.64. The highest BCUT2D eigenvalue weighted by Gasteiger charge is 2.15. The fraction of sp³-hybridized carbons (Fsp3) is 0.214. The molecule has 3 aromatic rings. The number of fused-ring (bicyclic) bond motifs is 1. The van der Waals surface area contributed by atoms with E-state index in [1.165, 1.54) is 22.2 Å². The van der Waals surface area contributed by atoms with Gasteiger partial charge in [0.05, 0.1) is 16.1 Å². The van der Waals surface area contributed by atoms with Gasteiger partial charge in [0.25, 0.3) is 5.56 Å². The van der Waals surface area contributed by atoms with Crippen molar-refractivity contribution < 1.29 is 0 Å². The molecule has 0 saturated carbocycles. The lowest BCUT2D eigenvalue weighted by Crippen LogP contribution is -2.38. The monoisotopic (exact) mass is 399 g/mol. The van der Waals surface area contributed by atoms with Crippen LogP contribution in [-0.2, 0) is 7.05 Å². The van der Waals surface area contributed by atoms with Gasteiger partial charge in [0.1, 0.15) is 4.29 Å². The van der Waals surface area contributed by atoms with E-state index in [0.29, 0.717) is 17.1 Å². The zero-order chi connectivity index (χ0) is 16.0. The fourth-order valence-electron chi connectivity index (χ4n) is 2.21. The van der Waals surface area contributed by atoms with E-state index in [-0.39, 0.29) is 11.2 Å². The predicted octanol–water partition coefficient (Wildman–Crippen LogP) is 3.09. The number of aromatic nitrogens is 3. The van der Waals surface area contributed by atoms with Crippen molar-refractivity contribution in [3.63, 3.8) is 0 Å². The second kappa shape index (κ2) is 5.64. The molecule has 0 aliphatic heterocycles. The average molecular weight is 401 g/mol. The van der Waals surface area contributed by atoms with Crippen LogP contribution in [0.5, 0.6) is 0 Å². The number of halogens is 2. The summed E-state index contributed by atoms with van der Waals surface area (Å²) < 4.78 is 7.40. The molecule has 0 aliphatic rings. The van der Waals surface area contributed by atoms with Crippen molar-refractivity contribution in [2.75, 3.05) is 0 Å². The van der Waals surface area contributed by atoms with Gasteiger partial charge in [0.15, 0.2) is 0 Å². The second-order valence-electron chi connectivity index (χ2n) is 4.85. The molecule has 0 bridgehead atoms. The zero-order valence-electron chi connectivity index (χ0n) is 11.7. The molecule has 1 atom stereocenters. The second-order valence-corrected chi connectivity index (χ2v) is 7.53. The van der Waals surface area contributed by atoms with Gasteiger partial charge in [-0.3, -0.25) is 4.79 Å². The minimum atomic E-state index is -0.422. The van der Waals surface area contributed by atoms with Gasteiger partial charge in [-0.1, -0.05) is 15.9 Å². The molecule has 1 aromatic carbocycles. The van der Waals surface area contributed by atoms with Crippen molar-refractivity contribution in [2.24, 2.45) is 7.05 Å². The van der Waals surface area contributed by atoms with Crippen LogP contribution in [0, 0.1) is 6.92 Å². The molecule has 0 amide bonds. The van der Waals surface area contributed by atoms with Gasteiger partial charge in [-0.05, 0) is 36.7 Å². The molecule has 3 rings (SSSR count). The summed E-state index contributed by atoms with van der Waals surface area (Å²) in [5, 5.41) is 0.828. The number of benzene rings is 1. The van der Waals surface area contributed by atoms with Crippen LogP contribution < -0.4 is 11.2 Å². The first kappa shape index (κ1) is 15.5. The third-order valence-electron chi connectivity index (χ3n) is 3.51. The topological polar surface area (TPSA) is 56.9 Å². The van der Waals surface area contributed by atoms with Crippen LogP contribution in [0.25, 0.3) is 15.8 Å². The fourth-order valence-corrected chi connectivity index (χ4v) is 3.71. The molecule has 0 saturated heterocycles. The molecule has 0 N–H and O–H groups in total. The van der Waals surface area contributed by atoms with Crippen molar-refractivity contribution >= 4 is 49.1 Å². The lowest BCUT2D eigenvalue weighted by Gasteiger charge is -2.09. The summed E-state index contributed by atoms with van der Waals surface area (Å²) in [5.41, 5.74) is 1.07. The SMILES string of the molecule is Cc1cc(=O)n(-c2ccc3snc(C(Cl)Br)c3c2)c(=O)n1C. The van der Waals surface area contributed by atoms with Gasteiger partial charge < -0.3 is 4.57 Å². The summed E-state index contributed by atoms with van der Waals surface area (Å²) >= 11 is 10.7. The Morgan fingerprint density at radius 2 is 2.05 bits per heavy atom. The lowest BCUT2D eigenvalue weighted by molar-refractivity contribution is 0.714. The molecule has 0 aliphatic carbocycles. The molecular weight excluding hydrogens is 390 g/mol. The van der Waals surface area contributed by atoms with E-state index >= 15 is 0 Å². The summed E-state index contributed by atoms with van der Waals surface area (Å²) in [6.45, 7) is 1.72. The maximum absolute atomic E-state index is 12.4. The van der Waals surface area contributed by atoms with E-state index in [1.807, 2.05) is 6.07 Å². The Hall–Kier alpha value is -1.44. The molecule has 8 heteroatoms. The zero-order valence-corrected chi connectivity index (χ0v) is 14.9. The van der Waals surface area contributed by atoms with Crippen molar-refractivity contribution in [1.29, 1.82) is 0 Å². The molecule has 1 unspecified atom stereocenters. The highest BCUT2D eigenvalue weighted by molar-refractivity contribution is 9.09. The smallest absolute Gasteiger partial charge is 0.301 e. The molecule has 5 nitrogen and oxygen atoms in total. The van der Waals surface area contributed by atoms with Crippen LogP contribution in [0.2, 0.25) is 0 Å². The van der Waals surface area contributed by atoms with Gasteiger partial charge in [-0.2, -0.15) is 4.37 Å². The molecule has 2 aromatic heterocycles. The van der Waals surface area contributed by atoms with E-state index in [0.717, 1.165) is 14.7 Å². The number of aryl methyl sites for hydroxylation is 1. The van der Waals surface area contributed by atoms with Crippen LogP contribution in [0.1, 0.15) is 15.7 Å². The van der Waals surface area contributed by atoms with E-state index in [9.17, 15) is 9.59 Å². The van der Waals surface area contributed by atoms with Gasteiger partial charge in [-0.25, -0.2) is 9.36 Å². The molecule has 0 radical (unpaired) electrons. The van der Waals surface area contributed by atoms with E-state index in [4.69, 9.17) is 11.6 Å². The lowest BCUT2D eigenvalue weighted by atomic mass is 10.2. The van der Waals surface area contributed by atoms with Gasteiger partial charge in [0, 0.05) is 24.2 Å². The predicted molar refractivity (Wildman–Crippen MR) is 92.7 cm³/mol. The maximum Gasteiger partial charge on any atom is 0.335 e. The minimum Gasteiger partial charge on any atom is -0.301 e. The van der Waals surface area contributed by atoms with Gasteiger partial charge in [0.2, 0.25) is 0 Å². The number of hydrogen-bond donors (Lipinski definition) is 0. The highest BCUT2D eigenvalue weighted by Crippen LogP contribution is 2.34. The summed E-state index contributed by atoms with van der Waals surface area (Å²) in [4.78, 5) is 24.6. The summed E-state index contributed by atoms with van der Waals surface area (Å²) in [6, 6.07) is 6.78.